The van der Waals surface area contributed by atoms with E-state index in [0.29, 0.717) is 33.0 Å². The van der Waals surface area contributed by atoms with Crippen molar-refractivity contribution in [2.24, 2.45) is 0 Å². The van der Waals surface area contributed by atoms with Crippen LogP contribution in [0.2, 0.25) is 0 Å². The van der Waals surface area contributed by atoms with Gasteiger partial charge < -0.3 is 5.32 Å². The molecule has 0 spiro atoms. The van der Waals surface area contributed by atoms with Gasteiger partial charge in [-0.2, -0.15) is 5.10 Å². The zero-order chi connectivity index (χ0) is 25.1. The number of aromatic nitrogens is 4. The fourth-order valence-corrected chi connectivity index (χ4v) is 4.79. The zero-order valence-electron chi connectivity index (χ0n) is 19.1. The molecular weight excluding hydrogens is 477 g/mol. The maximum atomic E-state index is 13.5. The summed E-state index contributed by atoms with van der Waals surface area (Å²) in [5, 5.41) is 7.95. The number of carbonyl (C=O) groups excluding carboxylic acids is 2. The Labute approximate surface area is 210 Å². The van der Waals surface area contributed by atoms with Crippen molar-refractivity contribution in [2.45, 2.75) is 17.2 Å². The SMILES string of the molecule is CC(=O)c1cccc(NC(=O)C(Sc2ncnc3c2cnn3-c2ccc(F)cc2)c2ccccc2)c1. The highest BCUT2D eigenvalue weighted by molar-refractivity contribution is 8.00. The summed E-state index contributed by atoms with van der Waals surface area (Å²) in [6, 6.07) is 22.2. The number of anilines is 1. The van der Waals surface area contributed by atoms with Crippen LogP contribution in [0.4, 0.5) is 10.1 Å². The summed E-state index contributed by atoms with van der Waals surface area (Å²) in [7, 11) is 0. The minimum absolute atomic E-state index is 0.0818. The van der Waals surface area contributed by atoms with E-state index in [-0.39, 0.29) is 17.5 Å². The first-order valence-electron chi connectivity index (χ1n) is 11.1. The standard InChI is InChI=1S/C27H20FN5O2S/c1-17(34)19-8-5-9-21(14-19)32-26(35)24(18-6-3-2-4-7-18)36-27-23-15-31-33(25(23)29-16-30-27)22-12-10-20(28)11-13-22/h2-16,24H,1H3,(H,32,35). The van der Waals surface area contributed by atoms with Gasteiger partial charge in [0.05, 0.1) is 17.3 Å². The fraction of sp³-hybridized carbons (Fsp3) is 0.0741. The Hall–Kier alpha value is -4.37. The van der Waals surface area contributed by atoms with E-state index in [9.17, 15) is 14.0 Å². The average molecular weight is 498 g/mol. The molecule has 7 nitrogen and oxygen atoms in total. The van der Waals surface area contributed by atoms with Gasteiger partial charge in [0.2, 0.25) is 5.91 Å². The van der Waals surface area contributed by atoms with Crippen molar-refractivity contribution in [1.29, 1.82) is 0 Å². The van der Waals surface area contributed by atoms with Crippen LogP contribution < -0.4 is 5.32 Å². The summed E-state index contributed by atoms with van der Waals surface area (Å²) in [6.45, 7) is 1.48. The van der Waals surface area contributed by atoms with E-state index < -0.39 is 5.25 Å². The van der Waals surface area contributed by atoms with E-state index in [4.69, 9.17) is 0 Å². The molecule has 0 aliphatic rings. The molecule has 2 heterocycles. The van der Waals surface area contributed by atoms with Crippen LogP contribution in [0.25, 0.3) is 16.7 Å². The maximum absolute atomic E-state index is 13.5. The molecule has 0 saturated carbocycles. The summed E-state index contributed by atoms with van der Waals surface area (Å²) in [6.07, 6.45) is 3.06. The first kappa shape index (κ1) is 23.4. The van der Waals surface area contributed by atoms with E-state index in [0.717, 1.165) is 5.56 Å². The van der Waals surface area contributed by atoms with Gasteiger partial charge in [-0.1, -0.05) is 54.2 Å². The molecule has 0 fully saturated rings. The van der Waals surface area contributed by atoms with Gasteiger partial charge in [0.25, 0.3) is 0 Å². The largest absolute Gasteiger partial charge is 0.325 e. The van der Waals surface area contributed by atoms with Gasteiger partial charge in [-0.15, -0.1) is 0 Å². The van der Waals surface area contributed by atoms with Crippen LogP contribution >= 0.6 is 11.8 Å². The number of fused-ring (bicyclic) bond motifs is 1. The van der Waals surface area contributed by atoms with Crippen LogP contribution in [0.3, 0.4) is 0 Å². The normalized spacial score (nSPS) is 11.8. The lowest BCUT2D eigenvalue weighted by Crippen LogP contribution is -2.19. The van der Waals surface area contributed by atoms with Crippen molar-refractivity contribution in [3.63, 3.8) is 0 Å². The molecule has 5 aromatic rings. The number of hydrogen-bond donors (Lipinski definition) is 1. The summed E-state index contributed by atoms with van der Waals surface area (Å²) in [5.41, 5.74) is 3.04. The zero-order valence-corrected chi connectivity index (χ0v) is 19.9. The van der Waals surface area contributed by atoms with Crippen molar-refractivity contribution in [1.82, 2.24) is 19.7 Å². The molecule has 1 N–H and O–H groups in total. The molecule has 2 aromatic heterocycles. The topological polar surface area (TPSA) is 89.8 Å². The Bertz CT molecular complexity index is 1550. The van der Waals surface area contributed by atoms with Gasteiger partial charge >= 0.3 is 0 Å². The van der Waals surface area contributed by atoms with Crippen LogP contribution in [0.15, 0.2) is 96.4 Å². The fourth-order valence-electron chi connectivity index (χ4n) is 3.72. The lowest BCUT2D eigenvalue weighted by Gasteiger charge is -2.17. The molecule has 1 unspecified atom stereocenters. The summed E-state index contributed by atoms with van der Waals surface area (Å²) >= 11 is 1.28. The second-order valence-corrected chi connectivity index (χ2v) is 9.08. The molecule has 9 heteroatoms. The highest BCUT2D eigenvalue weighted by Crippen LogP contribution is 2.38. The van der Waals surface area contributed by atoms with Crippen molar-refractivity contribution >= 4 is 40.2 Å². The molecule has 1 amide bonds. The third-order valence-corrected chi connectivity index (χ3v) is 6.78. The predicted molar refractivity (Wildman–Crippen MR) is 137 cm³/mol. The van der Waals surface area contributed by atoms with Crippen molar-refractivity contribution in [3.8, 4) is 5.69 Å². The molecule has 0 aliphatic heterocycles. The van der Waals surface area contributed by atoms with Crippen molar-refractivity contribution in [3.05, 3.63) is 108 Å². The van der Waals surface area contributed by atoms with Crippen LogP contribution in [-0.2, 0) is 4.79 Å². The lowest BCUT2D eigenvalue weighted by atomic mass is 10.1. The van der Waals surface area contributed by atoms with Crippen LogP contribution in [0.1, 0.15) is 28.1 Å². The number of rotatable bonds is 7. The number of ketones is 1. The quantitative estimate of drug-likeness (QED) is 0.178. The van der Waals surface area contributed by atoms with Gasteiger partial charge in [-0.25, -0.2) is 19.0 Å². The van der Waals surface area contributed by atoms with E-state index in [1.165, 1.54) is 37.1 Å². The smallest absolute Gasteiger partial charge is 0.242 e. The molecule has 36 heavy (non-hydrogen) atoms. The molecular formula is C27H20FN5O2S. The van der Waals surface area contributed by atoms with Crippen LogP contribution in [-0.4, -0.2) is 31.4 Å². The highest BCUT2D eigenvalue weighted by Gasteiger charge is 2.25. The van der Waals surface area contributed by atoms with Gasteiger partial charge in [-0.05, 0) is 48.9 Å². The number of carbonyl (C=O) groups is 2. The second-order valence-electron chi connectivity index (χ2n) is 7.98. The number of nitrogens with zero attached hydrogens (tertiary/aromatic N) is 4. The number of nitrogens with one attached hydrogen (secondary N) is 1. The second kappa shape index (κ2) is 10.1. The summed E-state index contributed by atoms with van der Waals surface area (Å²) in [5.74, 6) is -0.683. The van der Waals surface area contributed by atoms with Crippen molar-refractivity contribution < 1.29 is 14.0 Å². The Morgan fingerprint density at radius 1 is 0.972 bits per heavy atom. The molecule has 178 valence electrons. The van der Waals surface area contributed by atoms with Gasteiger partial charge in [-0.3, -0.25) is 9.59 Å². The Balaban J connectivity index is 1.49. The van der Waals surface area contributed by atoms with E-state index in [1.54, 1.807) is 47.3 Å². The first-order chi connectivity index (χ1) is 17.5. The van der Waals surface area contributed by atoms with Crippen LogP contribution in [0, 0.1) is 5.82 Å². The number of Topliss-reactive ketones (excluding diaryl/α,β-unsaturated/α-hetero) is 1. The van der Waals surface area contributed by atoms with E-state index in [2.05, 4.69) is 20.4 Å². The number of amides is 1. The summed E-state index contributed by atoms with van der Waals surface area (Å²) in [4.78, 5) is 34.0. The molecule has 0 radical (unpaired) electrons. The third kappa shape index (κ3) is 4.87. The monoisotopic (exact) mass is 497 g/mol. The minimum atomic E-state index is -0.639. The van der Waals surface area contributed by atoms with Crippen LogP contribution in [0.5, 0.6) is 0 Å². The first-order valence-corrected chi connectivity index (χ1v) is 12.0. The Morgan fingerprint density at radius 2 is 1.75 bits per heavy atom. The average Bonchev–Trinajstić information content (AvgIpc) is 3.33. The maximum Gasteiger partial charge on any atom is 0.242 e. The number of halogens is 1. The molecule has 0 aliphatic carbocycles. The lowest BCUT2D eigenvalue weighted by molar-refractivity contribution is -0.115. The third-order valence-electron chi connectivity index (χ3n) is 5.51. The molecule has 1 atom stereocenters. The molecule has 3 aromatic carbocycles. The van der Waals surface area contributed by atoms with Crippen molar-refractivity contribution in [2.75, 3.05) is 5.32 Å². The molecule has 0 saturated heterocycles. The van der Waals surface area contributed by atoms with Gasteiger partial charge in [0, 0.05) is 11.3 Å². The van der Waals surface area contributed by atoms with E-state index in [1.807, 2.05) is 30.3 Å². The predicted octanol–water partition coefficient (Wildman–Crippen LogP) is 5.63. The Kier molecular flexibility index (Phi) is 6.55. The summed E-state index contributed by atoms with van der Waals surface area (Å²) < 4.78 is 15.0. The molecule has 5 rings (SSSR count). The van der Waals surface area contributed by atoms with E-state index >= 15 is 0 Å². The van der Waals surface area contributed by atoms with Gasteiger partial charge in [0.15, 0.2) is 11.4 Å². The highest BCUT2D eigenvalue weighted by atomic mass is 32.2. The van der Waals surface area contributed by atoms with Gasteiger partial charge in [0.1, 0.15) is 22.4 Å². The number of hydrogen-bond acceptors (Lipinski definition) is 6. The number of thioether (sulfide) groups is 1. The number of benzene rings is 3. The Morgan fingerprint density at radius 3 is 2.50 bits per heavy atom. The minimum Gasteiger partial charge on any atom is -0.325 e. The molecule has 0 bridgehead atoms.